The molecule has 174 valence electrons. The first-order chi connectivity index (χ1) is 16.4. The minimum atomic E-state index is -4.46. The lowest BCUT2D eigenvalue weighted by molar-refractivity contribution is -0.137. The Labute approximate surface area is 192 Å². The first kappa shape index (κ1) is 21.9. The molecule has 4 heterocycles. The van der Waals surface area contributed by atoms with Crippen molar-refractivity contribution in [3.63, 3.8) is 0 Å². The third kappa shape index (κ3) is 4.18. The van der Waals surface area contributed by atoms with E-state index in [1.165, 1.54) is 6.07 Å². The maximum Gasteiger partial charge on any atom is 0.417 e. The van der Waals surface area contributed by atoms with Gasteiger partial charge in [-0.15, -0.1) is 0 Å². The van der Waals surface area contributed by atoms with Gasteiger partial charge in [-0.3, -0.25) is 9.20 Å². The van der Waals surface area contributed by atoms with Gasteiger partial charge in [-0.1, -0.05) is 30.3 Å². The largest absolute Gasteiger partial charge is 0.475 e. The normalized spacial score (nSPS) is 16.2. The second-order valence-corrected chi connectivity index (χ2v) is 7.95. The predicted octanol–water partition coefficient (Wildman–Crippen LogP) is 4.49. The molecule has 0 radical (unpaired) electrons. The zero-order valence-corrected chi connectivity index (χ0v) is 17.9. The van der Waals surface area contributed by atoms with Crippen molar-refractivity contribution in [3.05, 3.63) is 78.4 Å². The lowest BCUT2D eigenvalue weighted by Crippen LogP contribution is -2.39. The Hall–Kier alpha value is -3.95. The molecule has 34 heavy (non-hydrogen) atoms. The van der Waals surface area contributed by atoms with Crippen molar-refractivity contribution >= 4 is 11.7 Å². The van der Waals surface area contributed by atoms with Crippen LogP contribution in [0.4, 0.5) is 13.2 Å². The molecule has 1 fully saturated rings. The summed E-state index contributed by atoms with van der Waals surface area (Å²) in [4.78, 5) is 28.1. The molecule has 0 bridgehead atoms. The van der Waals surface area contributed by atoms with Gasteiger partial charge in [-0.25, -0.2) is 15.0 Å². The first-order valence-electron chi connectivity index (χ1n) is 10.8. The highest BCUT2D eigenvalue weighted by Gasteiger charge is 2.34. The fourth-order valence-electron chi connectivity index (χ4n) is 4.12. The molecule has 5 rings (SSSR count). The Morgan fingerprint density at radius 2 is 1.91 bits per heavy atom. The summed E-state index contributed by atoms with van der Waals surface area (Å²) in [7, 11) is 0. The van der Waals surface area contributed by atoms with Gasteiger partial charge in [-0.05, 0) is 25.0 Å². The number of carbonyl (C=O) groups excluding carboxylic acids is 1. The van der Waals surface area contributed by atoms with Gasteiger partial charge >= 0.3 is 6.18 Å². The third-order valence-electron chi connectivity index (χ3n) is 5.78. The molecule has 1 aromatic carbocycles. The van der Waals surface area contributed by atoms with Crippen LogP contribution in [0.15, 0.2) is 67.1 Å². The SMILES string of the molecule is O=C(c1c(-c2ccccc2)nc2ncccn12)N1CCC[C@H]1COc1ccc(C(F)(F)F)cn1. The molecule has 3 aromatic heterocycles. The second-order valence-electron chi connectivity index (χ2n) is 7.95. The number of amides is 1. The summed E-state index contributed by atoms with van der Waals surface area (Å²) in [6.45, 7) is 0.661. The minimum absolute atomic E-state index is 0.0799. The van der Waals surface area contributed by atoms with Gasteiger partial charge in [-0.2, -0.15) is 13.2 Å². The summed E-state index contributed by atoms with van der Waals surface area (Å²) < 4.78 is 45.6. The molecule has 0 spiro atoms. The molecule has 1 amide bonds. The van der Waals surface area contributed by atoms with E-state index in [1.807, 2.05) is 30.3 Å². The Kier molecular flexibility index (Phi) is 5.64. The van der Waals surface area contributed by atoms with Crippen molar-refractivity contribution in [3.8, 4) is 17.1 Å². The summed E-state index contributed by atoms with van der Waals surface area (Å²) in [6.07, 6.45) is 1.15. The summed E-state index contributed by atoms with van der Waals surface area (Å²) in [5.74, 6) is 0.299. The number of rotatable bonds is 5. The maximum absolute atomic E-state index is 13.7. The zero-order valence-electron chi connectivity index (χ0n) is 17.9. The molecule has 1 aliphatic heterocycles. The number of benzene rings is 1. The number of ether oxygens (including phenoxy) is 1. The predicted molar refractivity (Wildman–Crippen MR) is 117 cm³/mol. The molecule has 0 aliphatic carbocycles. The van der Waals surface area contributed by atoms with Gasteiger partial charge in [0.15, 0.2) is 0 Å². The van der Waals surface area contributed by atoms with Crippen LogP contribution in [0.5, 0.6) is 5.88 Å². The van der Waals surface area contributed by atoms with Gasteiger partial charge in [0.05, 0.1) is 11.6 Å². The molecule has 0 N–H and O–H groups in total. The first-order valence-corrected chi connectivity index (χ1v) is 10.8. The molecule has 1 atom stereocenters. The Morgan fingerprint density at radius 3 is 2.65 bits per heavy atom. The molecule has 0 saturated carbocycles. The standard InChI is InChI=1S/C24H20F3N5O2/c25-24(26,27)17-9-10-19(29-14-17)34-15-18-8-4-12-31(18)22(33)21-20(16-6-2-1-3-7-16)30-23-28-11-5-13-32(21)23/h1-3,5-7,9-11,13-14,18H,4,8,12,15H2/t18-/m0/s1. The summed E-state index contributed by atoms with van der Waals surface area (Å²) in [6, 6.07) is 13.0. The Morgan fingerprint density at radius 1 is 1.09 bits per heavy atom. The van der Waals surface area contributed by atoms with Crippen LogP contribution >= 0.6 is 0 Å². The fraction of sp³-hybridized carbons (Fsp3) is 0.250. The van der Waals surface area contributed by atoms with Crippen LogP contribution < -0.4 is 4.74 Å². The molecule has 1 saturated heterocycles. The van der Waals surface area contributed by atoms with E-state index >= 15 is 0 Å². The van der Waals surface area contributed by atoms with Crippen LogP contribution in [0.3, 0.4) is 0 Å². The average Bonchev–Trinajstić information content (AvgIpc) is 3.47. The van der Waals surface area contributed by atoms with Crippen molar-refractivity contribution in [1.82, 2.24) is 24.3 Å². The van der Waals surface area contributed by atoms with E-state index < -0.39 is 11.7 Å². The lowest BCUT2D eigenvalue weighted by Gasteiger charge is -2.25. The number of alkyl halides is 3. The van der Waals surface area contributed by atoms with Crippen LogP contribution in [0, 0.1) is 0 Å². The van der Waals surface area contributed by atoms with E-state index in [1.54, 1.807) is 27.8 Å². The van der Waals surface area contributed by atoms with Gasteiger partial charge in [0.1, 0.15) is 18.0 Å². The number of nitrogens with zero attached hydrogens (tertiary/aromatic N) is 5. The quantitative estimate of drug-likeness (QED) is 0.432. The summed E-state index contributed by atoms with van der Waals surface area (Å²) in [5, 5.41) is 0. The highest BCUT2D eigenvalue weighted by atomic mass is 19.4. The Balaban J connectivity index is 1.39. The monoisotopic (exact) mass is 467 g/mol. The van der Waals surface area contributed by atoms with E-state index in [2.05, 4.69) is 15.0 Å². The smallest absolute Gasteiger partial charge is 0.417 e. The van der Waals surface area contributed by atoms with Crippen LogP contribution in [-0.2, 0) is 6.18 Å². The zero-order chi connectivity index (χ0) is 23.7. The molecular weight excluding hydrogens is 447 g/mol. The number of hydrogen-bond acceptors (Lipinski definition) is 5. The van der Waals surface area contributed by atoms with Crippen LogP contribution in [0.25, 0.3) is 17.0 Å². The number of aromatic nitrogens is 4. The second kappa shape index (κ2) is 8.77. The number of likely N-dealkylation sites (tertiary alicyclic amines) is 1. The van der Waals surface area contributed by atoms with Gasteiger partial charge in [0.2, 0.25) is 11.7 Å². The van der Waals surface area contributed by atoms with Gasteiger partial charge in [0.25, 0.3) is 5.91 Å². The molecular formula is C24H20F3N5O2. The van der Waals surface area contributed by atoms with Crippen LogP contribution in [-0.4, -0.2) is 49.4 Å². The molecule has 1 aliphatic rings. The van der Waals surface area contributed by atoms with Gasteiger partial charge < -0.3 is 9.64 Å². The number of imidazole rings is 1. The van der Waals surface area contributed by atoms with E-state index in [-0.39, 0.29) is 24.4 Å². The Bertz CT molecular complexity index is 1310. The highest BCUT2D eigenvalue weighted by molar-refractivity contribution is 5.99. The molecule has 7 nitrogen and oxygen atoms in total. The fourth-order valence-corrected chi connectivity index (χ4v) is 4.12. The highest BCUT2D eigenvalue weighted by Crippen LogP contribution is 2.30. The lowest BCUT2D eigenvalue weighted by atomic mass is 10.1. The number of carbonyl (C=O) groups is 1. The van der Waals surface area contributed by atoms with Crippen LogP contribution in [0.2, 0.25) is 0 Å². The summed E-state index contributed by atoms with van der Waals surface area (Å²) >= 11 is 0. The van der Waals surface area contributed by atoms with E-state index in [0.717, 1.165) is 24.2 Å². The number of fused-ring (bicyclic) bond motifs is 1. The van der Waals surface area contributed by atoms with E-state index in [0.29, 0.717) is 30.1 Å². The maximum atomic E-state index is 13.7. The van der Waals surface area contributed by atoms with Crippen molar-refractivity contribution in [2.24, 2.45) is 0 Å². The van der Waals surface area contributed by atoms with Gasteiger partial charge in [0, 0.05) is 36.8 Å². The van der Waals surface area contributed by atoms with Crippen LogP contribution in [0.1, 0.15) is 28.9 Å². The minimum Gasteiger partial charge on any atom is -0.475 e. The third-order valence-corrected chi connectivity index (χ3v) is 5.78. The molecule has 0 unspecified atom stereocenters. The topological polar surface area (TPSA) is 72.6 Å². The average molecular weight is 467 g/mol. The molecule has 10 heteroatoms. The molecule has 4 aromatic rings. The number of halogens is 3. The number of pyridine rings is 1. The van der Waals surface area contributed by atoms with Crippen molar-refractivity contribution in [2.75, 3.05) is 13.2 Å². The van der Waals surface area contributed by atoms with Crippen molar-refractivity contribution in [2.45, 2.75) is 25.1 Å². The van der Waals surface area contributed by atoms with Crippen molar-refractivity contribution < 1.29 is 22.7 Å². The van der Waals surface area contributed by atoms with E-state index in [4.69, 9.17) is 4.74 Å². The summed E-state index contributed by atoms with van der Waals surface area (Å²) in [5.41, 5.74) is 0.915. The van der Waals surface area contributed by atoms with Crippen molar-refractivity contribution in [1.29, 1.82) is 0 Å². The van der Waals surface area contributed by atoms with E-state index in [9.17, 15) is 18.0 Å². The number of hydrogen-bond donors (Lipinski definition) is 0.